The van der Waals surface area contributed by atoms with Gasteiger partial charge in [0.1, 0.15) is 5.65 Å². The fraction of sp³-hybridized carbons (Fsp3) is 0.364. The summed E-state index contributed by atoms with van der Waals surface area (Å²) in [5.41, 5.74) is 2.01. The second-order valence-electron chi connectivity index (χ2n) is 3.79. The molecular formula is C11H14BrN3O. The number of nitrogens with zero attached hydrogens (tertiary/aromatic N) is 2. The number of imidazole rings is 1. The average Bonchev–Trinajstić information content (AvgIpc) is 2.68. The molecule has 2 rings (SSSR count). The first-order valence-corrected chi connectivity index (χ1v) is 5.95. The first kappa shape index (κ1) is 11.6. The number of nitrogens with one attached hydrogen (secondary N) is 1. The van der Waals surface area contributed by atoms with Crippen LogP contribution in [-0.4, -0.2) is 27.1 Å². The minimum absolute atomic E-state index is 0.0951. The van der Waals surface area contributed by atoms with Gasteiger partial charge in [-0.15, -0.1) is 0 Å². The molecule has 2 aromatic heterocycles. The highest BCUT2D eigenvalue weighted by molar-refractivity contribution is 9.10. The van der Waals surface area contributed by atoms with Gasteiger partial charge < -0.3 is 14.8 Å². The maximum Gasteiger partial charge on any atom is 0.136 e. The number of hydrogen-bond acceptors (Lipinski definition) is 3. The molecule has 86 valence electrons. The Morgan fingerprint density at radius 1 is 1.56 bits per heavy atom. The molecular weight excluding hydrogens is 270 g/mol. The molecule has 0 amide bonds. The lowest BCUT2D eigenvalue weighted by atomic mass is 10.3. The lowest BCUT2D eigenvalue weighted by molar-refractivity contribution is 0.250. The van der Waals surface area contributed by atoms with Crippen molar-refractivity contribution in [3.63, 3.8) is 0 Å². The smallest absolute Gasteiger partial charge is 0.136 e. The third-order valence-corrected chi connectivity index (χ3v) is 2.92. The molecule has 2 aromatic rings. The Morgan fingerprint density at radius 3 is 3.12 bits per heavy atom. The molecule has 0 bridgehead atoms. The maximum absolute atomic E-state index is 8.93. The van der Waals surface area contributed by atoms with Gasteiger partial charge in [0, 0.05) is 23.3 Å². The van der Waals surface area contributed by atoms with Crippen molar-refractivity contribution in [3.05, 3.63) is 34.7 Å². The van der Waals surface area contributed by atoms with Crippen molar-refractivity contribution in [1.29, 1.82) is 0 Å². The summed E-state index contributed by atoms with van der Waals surface area (Å²) in [5, 5.41) is 12.1. The lowest BCUT2D eigenvalue weighted by Crippen LogP contribution is -2.29. The van der Waals surface area contributed by atoms with Gasteiger partial charge in [0.25, 0.3) is 0 Å². The lowest BCUT2D eigenvalue weighted by Gasteiger charge is -2.10. The minimum atomic E-state index is 0.0951. The van der Waals surface area contributed by atoms with Crippen LogP contribution in [0.1, 0.15) is 12.6 Å². The van der Waals surface area contributed by atoms with Gasteiger partial charge in [-0.25, -0.2) is 4.98 Å². The van der Waals surface area contributed by atoms with E-state index in [2.05, 4.69) is 26.2 Å². The molecule has 0 saturated heterocycles. The van der Waals surface area contributed by atoms with Crippen LogP contribution in [0.4, 0.5) is 0 Å². The number of hydrogen-bond donors (Lipinski definition) is 2. The van der Waals surface area contributed by atoms with Crippen molar-refractivity contribution in [2.24, 2.45) is 0 Å². The van der Waals surface area contributed by atoms with E-state index in [9.17, 15) is 0 Å². The number of rotatable bonds is 4. The predicted molar refractivity (Wildman–Crippen MR) is 66.3 cm³/mol. The Hall–Kier alpha value is -0.910. The predicted octanol–water partition coefficient (Wildman–Crippen LogP) is 1.57. The number of fused-ring (bicyclic) bond motifs is 1. The molecule has 5 heteroatoms. The fourth-order valence-electron chi connectivity index (χ4n) is 1.48. The summed E-state index contributed by atoms with van der Waals surface area (Å²) in [6, 6.07) is 4.02. The Balaban J connectivity index is 2.21. The molecule has 2 heterocycles. The number of aliphatic hydroxyl groups is 1. The average molecular weight is 284 g/mol. The van der Waals surface area contributed by atoms with Crippen LogP contribution in [0.15, 0.2) is 29.0 Å². The summed E-state index contributed by atoms with van der Waals surface area (Å²) < 4.78 is 3.05. The molecule has 16 heavy (non-hydrogen) atoms. The Labute approximate surface area is 102 Å². The van der Waals surface area contributed by atoms with Gasteiger partial charge in [-0.3, -0.25) is 0 Å². The van der Waals surface area contributed by atoms with Crippen LogP contribution in [0.5, 0.6) is 0 Å². The molecule has 0 aliphatic heterocycles. The van der Waals surface area contributed by atoms with E-state index < -0.39 is 0 Å². The summed E-state index contributed by atoms with van der Waals surface area (Å²) in [4.78, 5) is 4.30. The molecule has 0 aliphatic rings. The summed E-state index contributed by atoms with van der Waals surface area (Å²) >= 11 is 3.44. The van der Waals surface area contributed by atoms with Crippen molar-refractivity contribution in [3.8, 4) is 0 Å². The number of pyridine rings is 1. The molecule has 0 fully saturated rings. The van der Waals surface area contributed by atoms with E-state index in [0.29, 0.717) is 6.54 Å². The Kier molecular flexibility index (Phi) is 3.58. The number of aromatic nitrogens is 2. The topological polar surface area (TPSA) is 49.6 Å². The molecule has 2 N–H and O–H groups in total. The SMILES string of the molecule is C[C@H](CO)NCc1cnc2ccc(Br)cn12. The van der Waals surface area contributed by atoms with Gasteiger partial charge in [0.2, 0.25) is 0 Å². The molecule has 0 aromatic carbocycles. The summed E-state index contributed by atoms with van der Waals surface area (Å²) in [6.45, 7) is 2.78. The van der Waals surface area contributed by atoms with E-state index in [-0.39, 0.29) is 12.6 Å². The zero-order chi connectivity index (χ0) is 11.5. The Morgan fingerprint density at radius 2 is 2.38 bits per heavy atom. The zero-order valence-electron chi connectivity index (χ0n) is 9.02. The van der Waals surface area contributed by atoms with E-state index in [1.54, 1.807) is 0 Å². The highest BCUT2D eigenvalue weighted by atomic mass is 79.9. The Bertz CT molecular complexity index is 483. The molecule has 1 atom stereocenters. The fourth-order valence-corrected chi connectivity index (χ4v) is 1.82. The van der Waals surface area contributed by atoms with Crippen molar-refractivity contribution < 1.29 is 5.11 Å². The molecule has 0 saturated carbocycles. The first-order chi connectivity index (χ1) is 7.70. The van der Waals surface area contributed by atoms with Crippen LogP contribution in [0, 0.1) is 0 Å². The largest absolute Gasteiger partial charge is 0.395 e. The van der Waals surface area contributed by atoms with Crippen LogP contribution in [-0.2, 0) is 6.54 Å². The van der Waals surface area contributed by atoms with Crippen LogP contribution < -0.4 is 5.32 Å². The monoisotopic (exact) mass is 283 g/mol. The van der Waals surface area contributed by atoms with Crippen molar-refractivity contribution in [2.45, 2.75) is 19.5 Å². The second kappa shape index (κ2) is 4.95. The van der Waals surface area contributed by atoms with Crippen LogP contribution >= 0.6 is 15.9 Å². The number of aliphatic hydroxyl groups excluding tert-OH is 1. The van der Waals surface area contributed by atoms with Gasteiger partial charge in [0.05, 0.1) is 18.5 Å². The minimum Gasteiger partial charge on any atom is -0.395 e. The molecule has 0 unspecified atom stereocenters. The summed E-state index contributed by atoms with van der Waals surface area (Å²) in [5.74, 6) is 0. The summed E-state index contributed by atoms with van der Waals surface area (Å²) in [7, 11) is 0. The third-order valence-electron chi connectivity index (χ3n) is 2.45. The van der Waals surface area contributed by atoms with Crippen molar-refractivity contribution in [1.82, 2.24) is 14.7 Å². The molecule has 0 spiro atoms. The van der Waals surface area contributed by atoms with Crippen molar-refractivity contribution >= 4 is 21.6 Å². The molecule has 0 aliphatic carbocycles. The third kappa shape index (κ3) is 2.42. The standard InChI is InChI=1S/C11H14BrN3O/c1-8(7-16)13-4-10-5-14-11-3-2-9(12)6-15(10)11/h2-3,5-6,8,13,16H,4,7H2,1H3/t8-/m1/s1. The van der Waals surface area contributed by atoms with Gasteiger partial charge in [-0.2, -0.15) is 0 Å². The van der Waals surface area contributed by atoms with Gasteiger partial charge in [0.15, 0.2) is 0 Å². The van der Waals surface area contributed by atoms with E-state index in [1.807, 2.05) is 35.9 Å². The first-order valence-electron chi connectivity index (χ1n) is 5.16. The van der Waals surface area contributed by atoms with E-state index in [4.69, 9.17) is 5.11 Å². The maximum atomic E-state index is 8.93. The normalized spacial score (nSPS) is 13.2. The van der Waals surface area contributed by atoms with Crippen molar-refractivity contribution in [2.75, 3.05) is 6.61 Å². The quantitative estimate of drug-likeness (QED) is 0.896. The second-order valence-corrected chi connectivity index (χ2v) is 4.71. The van der Waals surface area contributed by atoms with Crippen LogP contribution in [0.2, 0.25) is 0 Å². The molecule has 0 radical (unpaired) electrons. The highest BCUT2D eigenvalue weighted by Gasteiger charge is 2.05. The van der Waals surface area contributed by atoms with E-state index >= 15 is 0 Å². The zero-order valence-corrected chi connectivity index (χ0v) is 10.6. The van der Waals surface area contributed by atoms with Gasteiger partial charge in [-0.05, 0) is 35.0 Å². The molecule has 4 nitrogen and oxygen atoms in total. The van der Waals surface area contributed by atoms with Crippen LogP contribution in [0.3, 0.4) is 0 Å². The van der Waals surface area contributed by atoms with Crippen LogP contribution in [0.25, 0.3) is 5.65 Å². The van der Waals surface area contributed by atoms with Gasteiger partial charge >= 0.3 is 0 Å². The van der Waals surface area contributed by atoms with Gasteiger partial charge in [-0.1, -0.05) is 0 Å². The van der Waals surface area contributed by atoms with E-state index in [1.165, 1.54) is 0 Å². The summed E-state index contributed by atoms with van der Waals surface area (Å²) in [6.07, 6.45) is 3.84. The highest BCUT2D eigenvalue weighted by Crippen LogP contribution is 2.13. The van der Waals surface area contributed by atoms with E-state index in [0.717, 1.165) is 15.8 Å². The number of halogens is 1.